The number of piperidine rings is 1. The lowest BCUT2D eigenvalue weighted by Crippen LogP contribution is -2.31. The van der Waals surface area contributed by atoms with Crippen LogP contribution in [0.1, 0.15) is 52.0 Å². The third-order valence-electron chi connectivity index (χ3n) is 5.91. The van der Waals surface area contributed by atoms with E-state index in [2.05, 4.69) is 48.0 Å². The first-order valence-corrected chi connectivity index (χ1v) is 14.1. The summed E-state index contributed by atoms with van der Waals surface area (Å²) in [6.07, 6.45) is 5.09. The predicted molar refractivity (Wildman–Crippen MR) is 148 cm³/mol. The summed E-state index contributed by atoms with van der Waals surface area (Å²) in [5.41, 5.74) is 2.18. The minimum Gasteiger partial charge on any atom is -0.354 e. The Kier molecular flexibility index (Phi) is 8.62. The van der Waals surface area contributed by atoms with E-state index < -0.39 is 0 Å². The Balaban J connectivity index is 1.67. The van der Waals surface area contributed by atoms with Gasteiger partial charge in [-0.2, -0.15) is 0 Å². The fraction of sp³-hybridized carbons (Fsp3) is 0.500. The molecule has 0 atom stereocenters. The molecule has 0 spiro atoms. The van der Waals surface area contributed by atoms with Crippen LogP contribution in [0.25, 0.3) is 21.8 Å². The summed E-state index contributed by atoms with van der Waals surface area (Å²) in [6.45, 7) is 11.5. The lowest BCUT2D eigenvalue weighted by atomic mass is 9.98. The van der Waals surface area contributed by atoms with Crippen molar-refractivity contribution in [3.63, 3.8) is 0 Å². The van der Waals surface area contributed by atoms with Crippen LogP contribution in [0.5, 0.6) is 0 Å². The van der Waals surface area contributed by atoms with E-state index in [4.69, 9.17) is 9.97 Å². The molecule has 35 heavy (non-hydrogen) atoms. The van der Waals surface area contributed by atoms with E-state index in [-0.39, 0.29) is 11.2 Å². The standard InChI is InChI=1S/C26H35FN6S2/c1-5-15-34-33-19-8-6-7-18(21(19)27)22-23(35-24(32-22)26(2,3)4)20-11-14-29-25(31-20)30-16-17-9-12-28-13-10-17/h6-8,11,14,17,28,33H,5,9-10,12-13,15-16H2,1-4H3,(H,29,30,31). The number of nitrogens with zero attached hydrogens (tertiary/aromatic N) is 3. The van der Waals surface area contributed by atoms with E-state index in [1.54, 1.807) is 29.7 Å². The summed E-state index contributed by atoms with van der Waals surface area (Å²) in [7, 11) is 0. The van der Waals surface area contributed by atoms with Crippen molar-refractivity contribution in [2.24, 2.45) is 5.92 Å². The Morgan fingerprint density at radius 3 is 2.71 bits per heavy atom. The monoisotopic (exact) mass is 514 g/mol. The maximum absolute atomic E-state index is 15.6. The molecular weight excluding hydrogens is 479 g/mol. The molecule has 2 aromatic heterocycles. The second-order valence-electron chi connectivity index (χ2n) is 9.90. The summed E-state index contributed by atoms with van der Waals surface area (Å²) < 4.78 is 18.8. The fourth-order valence-corrected chi connectivity index (χ4v) is 5.64. The Bertz CT molecular complexity index is 1120. The van der Waals surface area contributed by atoms with Crippen molar-refractivity contribution in [3.05, 3.63) is 41.3 Å². The summed E-state index contributed by atoms with van der Waals surface area (Å²) in [5.74, 6) is 1.84. The normalized spacial score (nSPS) is 14.8. The average Bonchev–Trinajstić information content (AvgIpc) is 3.31. The van der Waals surface area contributed by atoms with Crippen LogP contribution >= 0.6 is 23.3 Å². The molecule has 9 heteroatoms. The van der Waals surface area contributed by atoms with Crippen molar-refractivity contribution >= 4 is 34.9 Å². The van der Waals surface area contributed by atoms with Crippen LogP contribution in [0.15, 0.2) is 30.5 Å². The van der Waals surface area contributed by atoms with Gasteiger partial charge < -0.3 is 15.4 Å². The van der Waals surface area contributed by atoms with Gasteiger partial charge in [-0.25, -0.2) is 19.3 Å². The number of benzene rings is 1. The second-order valence-corrected chi connectivity index (χ2v) is 11.8. The highest BCUT2D eigenvalue weighted by Gasteiger charge is 2.26. The van der Waals surface area contributed by atoms with Gasteiger partial charge in [0.15, 0.2) is 5.82 Å². The van der Waals surface area contributed by atoms with E-state index in [1.165, 1.54) is 11.9 Å². The summed E-state index contributed by atoms with van der Waals surface area (Å²) in [4.78, 5) is 15.0. The molecule has 1 aromatic carbocycles. The number of rotatable bonds is 9. The molecule has 1 aliphatic heterocycles. The van der Waals surface area contributed by atoms with E-state index in [1.807, 2.05) is 12.1 Å². The van der Waals surface area contributed by atoms with E-state index in [0.717, 1.165) is 60.2 Å². The molecule has 0 amide bonds. The van der Waals surface area contributed by atoms with Crippen LogP contribution in [-0.2, 0) is 5.41 Å². The zero-order valence-corrected chi connectivity index (χ0v) is 22.6. The third kappa shape index (κ3) is 6.51. The molecule has 3 aromatic rings. The van der Waals surface area contributed by atoms with Crippen LogP contribution < -0.4 is 15.4 Å². The molecule has 1 aliphatic rings. The van der Waals surface area contributed by atoms with Gasteiger partial charge in [0.1, 0.15) is 0 Å². The summed E-state index contributed by atoms with van der Waals surface area (Å²) >= 11 is 3.09. The minimum absolute atomic E-state index is 0.163. The van der Waals surface area contributed by atoms with Crippen molar-refractivity contribution in [1.82, 2.24) is 20.3 Å². The molecule has 3 heterocycles. The molecule has 1 fully saturated rings. The molecule has 0 radical (unpaired) electrons. The molecule has 0 unspecified atom stereocenters. The maximum atomic E-state index is 15.6. The predicted octanol–water partition coefficient (Wildman–Crippen LogP) is 6.59. The number of aromatic nitrogens is 3. The van der Waals surface area contributed by atoms with E-state index >= 15 is 4.39 Å². The number of thiazole rings is 1. The van der Waals surface area contributed by atoms with Crippen molar-refractivity contribution in [3.8, 4) is 21.8 Å². The lowest BCUT2D eigenvalue weighted by molar-refractivity contribution is 0.389. The SMILES string of the molecule is CCCSNc1cccc(-c2nc(C(C)(C)C)sc2-c2ccnc(NCC3CCNCC3)n2)c1F. The summed E-state index contributed by atoms with van der Waals surface area (Å²) in [5, 5.41) is 7.77. The number of halogens is 1. The molecule has 0 bridgehead atoms. The Morgan fingerprint density at radius 1 is 1.17 bits per heavy atom. The molecule has 3 N–H and O–H groups in total. The van der Waals surface area contributed by atoms with Crippen molar-refractivity contribution in [1.29, 1.82) is 0 Å². The number of nitrogens with one attached hydrogen (secondary N) is 3. The van der Waals surface area contributed by atoms with Crippen LogP contribution in [0.2, 0.25) is 0 Å². The molecule has 188 valence electrons. The molecule has 0 saturated carbocycles. The van der Waals surface area contributed by atoms with Crippen molar-refractivity contribution in [2.75, 3.05) is 35.4 Å². The van der Waals surface area contributed by atoms with Gasteiger partial charge in [-0.05, 0) is 56.5 Å². The Morgan fingerprint density at radius 2 is 1.97 bits per heavy atom. The third-order valence-corrected chi connectivity index (χ3v) is 8.39. The molecular formula is C26H35FN6S2. The van der Waals surface area contributed by atoms with Crippen LogP contribution in [0.3, 0.4) is 0 Å². The van der Waals surface area contributed by atoms with Gasteiger partial charge >= 0.3 is 0 Å². The van der Waals surface area contributed by atoms with Gasteiger partial charge in [0.2, 0.25) is 5.95 Å². The zero-order chi connectivity index (χ0) is 24.8. The van der Waals surface area contributed by atoms with Crippen LogP contribution in [0.4, 0.5) is 16.0 Å². The number of anilines is 2. The highest BCUT2D eigenvalue weighted by Crippen LogP contribution is 2.42. The Labute approximate surface area is 216 Å². The average molecular weight is 515 g/mol. The highest BCUT2D eigenvalue weighted by atomic mass is 32.2. The largest absolute Gasteiger partial charge is 0.354 e. The van der Waals surface area contributed by atoms with E-state index in [0.29, 0.717) is 28.8 Å². The van der Waals surface area contributed by atoms with Crippen LogP contribution in [0, 0.1) is 11.7 Å². The first kappa shape index (κ1) is 25.9. The molecule has 4 rings (SSSR count). The molecule has 1 saturated heterocycles. The smallest absolute Gasteiger partial charge is 0.223 e. The quantitative estimate of drug-likeness (QED) is 0.220. The topological polar surface area (TPSA) is 74.8 Å². The highest BCUT2D eigenvalue weighted by molar-refractivity contribution is 8.00. The van der Waals surface area contributed by atoms with Crippen molar-refractivity contribution in [2.45, 2.75) is 52.4 Å². The van der Waals surface area contributed by atoms with Crippen LogP contribution in [-0.4, -0.2) is 40.3 Å². The maximum Gasteiger partial charge on any atom is 0.223 e. The molecule has 0 aliphatic carbocycles. The van der Waals surface area contributed by atoms with Gasteiger partial charge in [0.05, 0.1) is 27.0 Å². The van der Waals surface area contributed by atoms with E-state index in [9.17, 15) is 0 Å². The zero-order valence-electron chi connectivity index (χ0n) is 20.9. The first-order chi connectivity index (χ1) is 16.9. The second kappa shape index (κ2) is 11.7. The summed E-state index contributed by atoms with van der Waals surface area (Å²) in [6, 6.07) is 7.33. The van der Waals surface area contributed by atoms with Gasteiger partial charge in [-0.3, -0.25) is 0 Å². The Hall–Kier alpha value is -2.23. The van der Waals surface area contributed by atoms with Gasteiger partial charge in [-0.1, -0.05) is 45.7 Å². The van der Waals surface area contributed by atoms with Gasteiger partial charge in [-0.15, -0.1) is 11.3 Å². The first-order valence-electron chi connectivity index (χ1n) is 12.3. The number of hydrogen-bond donors (Lipinski definition) is 3. The fourth-order valence-electron chi connectivity index (χ4n) is 3.91. The lowest BCUT2D eigenvalue weighted by Gasteiger charge is -2.22. The number of hydrogen-bond acceptors (Lipinski definition) is 8. The van der Waals surface area contributed by atoms with Gasteiger partial charge in [0.25, 0.3) is 0 Å². The molecule has 6 nitrogen and oxygen atoms in total. The minimum atomic E-state index is -0.290. The van der Waals surface area contributed by atoms with Gasteiger partial charge in [0, 0.05) is 29.5 Å². The van der Waals surface area contributed by atoms with Crippen molar-refractivity contribution < 1.29 is 4.39 Å².